The Morgan fingerprint density at radius 2 is 1.80 bits per heavy atom. The van der Waals surface area contributed by atoms with E-state index in [9.17, 15) is 9.59 Å². The summed E-state index contributed by atoms with van der Waals surface area (Å²) in [4.78, 5) is 25.9. The predicted octanol–water partition coefficient (Wildman–Crippen LogP) is -0.609. The van der Waals surface area contributed by atoms with E-state index in [4.69, 9.17) is 14.2 Å². The number of morpholine rings is 1. The Morgan fingerprint density at radius 3 is 2.60 bits per heavy atom. The SMILES string of the molecule is O=C(NCCN1CCOCC1)C(=O)NCC1COc2ccccc2O1. The summed E-state index contributed by atoms with van der Waals surface area (Å²) >= 11 is 0. The summed E-state index contributed by atoms with van der Waals surface area (Å²) < 4.78 is 16.6. The van der Waals surface area contributed by atoms with Gasteiger partial charge < -0.3 is 24.8 Å². The first-order valence-electron chi connectivity index (χ1n) is 8.47. The van der Waals surface area contributed by atoms with Crippen LogP contribution in [0.4, 0.5) is 0 Å². The third kappa shape index (κ3) is 5.07. The van der Waals surface area contributed by atoms with Crippen LogP contribution in [-0.2, 0) is 14.3 Å². The lowest BCUT2D eigenvalue weighted by Crippen LogP contribution is -2.47. The van der Waals surface area contributed by atoms with Crippen molar-refractivity contribution in [3.8, 4) is 11.5 Å². The third-order valence-electron chi connectivity index (χ3n) is 4.08. The van der Waals surface area contributed by atoms with Gasteiger partial charge in [0.2, 0.25) is 0 Å². The van der Waals surface area contributed by atoms with Crippen LogP contribution in [0.25, 0.3) is 0 Å². The summed E-state index contributed by atoms with van der Waals surface area (Å²) in [5.74, 6) is 0.0312. The summed E-state index contributed by atoms with van der Waals surface area (Å²) in [6.45, 7) is 4.80. The average molecular weight is 349 g/mol. The highest BCUT2D eigenvalue weighted by Crippen LogP contribution is 2.30. The van der Waals surface area contributed by atoms with E-state index in [2.05, 4.69) is 15.5 Å². The summed E-state index contributed by atoms with van der Waals surface area (Å²) in [6, 6.07) is 7.35. The molecule has 1 fully saturated rings. The molecule has 25 heavy (non-hydrogen) atoms. The number of benzene rings is 1. The smallest absolute Gasteiger partial charge is 0.309 e. The maximum absolute atomic E-state index is 11.9. The Labute approximate surface area is 146 Å². The van der Waals surface area contributed by atoms with E-state index in [1.165, 1.54) is 0 Å². The molecule has 2 N–H and O–H groups in total. The van der Waals surface area contributed by atoms with Crippen LogP contribution in [0.15, 0.2) is 24.3 Å². The van der Waals surface area contributed by atoms with Gasteiger partial charge in [0.25, 0.3) is 0 Å². The monoisotopic (exact) mass is 349 g/mol. The number of para-hydroxylation sites is 2. The topological polar surface area (TPSA) is 89.1 Å². The molecule has 0 spiro atoms. The molecule has 3 rings (SSSR count). The maximum atomic E-state index is 11.9. The zero-order valence-electron chi connectivity index (χ0n) is 14.0. The molecule has 136 valence electrons. The molecule has 0 aromatic heterocycles. The van der Waals surface area contributed by atoms with Crippen LogP contribution >= 0.6 is 0 Å². The number of ether oxygens (including phenoxy) is 3. The quantitative estimate of drug-likeness (QED) is 0.690. The highest BCUT2D eigenvalue weighted by atomic mass is 16.6. The Bertz CT molecular complexity index is 604. The van der Waals surface area contributed by atoms with Crippen molar-refractivity contribution in [2.24, 2.45) is 0 Å². The van der Waals surface area contributed by atoms with Gasteiger partial charge in [-0.15, -0.1) is 0 Å². The molecular formula is C17H23N3O5. The number of hydrogen-bond donors (Lipinski definition) is 2. The van der Waals surface area contributed by atoms with Crippen LogP contribution in [0.1, 0.15) is 0 Å². The number of carbonyl (C=O) groups excluding carboxylic acids is 2. The second-order valence-corrected chi connectivity index (χ2v) is 5.92. The number of nitrogens with zero attached hydrogens (tertiary/aromatic N) is 1. The van der Waals surface area contributed by atoms with Crippen LogP contribution in [0.3, 0.4) is 0 Å². The lowest BCUT2D eigenvalue weighted by atomic mass is 10.2. The van der Waals surface area contributed by atoms with E-state index in [0.29, 0.717) is 44.4 Å². The van der Waals surface area contributed by atoms with Crippen LogP contribution in [-0.4, -0.2) is 75.4 Å². The zero-order chi connectivity index (χ0) is 17.5. The zero-order valence-corrected chi connectivity index (χ0v) is 14.0. The van der Waals surface area contributed by atoms with E-state index in [1.54, 1.807) is 0 Å². The lowest BCUT2D eigenvalue weighted by molar-refractivity contribution is -0.139. The largest absolute Gasteiger partial charge is 0.486 e. The summed E-state index contributed by atoms with van der Waals surface area (Å²) in [7, 11) is 0. The van der Waals surface area contributed by atoms with Crippen LogP contribution in [0, 0.1) is 0 Å². The molecule has 0 saturated carbocycles. The molecule has 1 aromatic rings. The first-order valence-corrected chi connectivity index (χ1v) is 8.47. The highest BCUT2D eigenvalue weighted by molar-refractivity contribution is 6.35. The van der Waals surface area contributed by atoms with Gasteiger partial charge in [0, 0.05) is 26.2 Å². The number of amides is 2. The Morgan fingerprint density at radius 1 is 1.08 bits per heavy atom. The molecule has 1 atom stereocenters. The maximum Gasteiger partial charge on any atom is 0.309 e. The van der Waals surface area contributed by atoms with Gasteiger partial charge in [-0.2, -0.15) is 0 Å². The lowest BCUT2D eigenvalue weighted by Gasteiger charge is -2.27. The van der Waals surface area contributed by atoms with Crippen molar-refractivity contribution in [3.63, 3.8) is 0 Å². The molecule has 2 amide bonds. The molecule has 2 aliphatic rings. The van der Waals surface area contributed by atoms with E-state index >= 15 is 0 Å². The van der Waals surface area contributed by atoms with Gasteiger partial charge in [-0.25, -0.2) is 0 Å². The number of fused-ring (bicyclic) bond motifs is 1. The first-order chi connectivity index (χ1) is 12.2. The minimum Gasteiger partial charge on any atom is -0.486 e. The number of rotatable bonds is 5. The average Bonchev–Trinajstić information content (AvgIpc) is 2.66. The van der Waals surface area contributed by atoms with Crippen molar-refractivity contribution >= 4 is 11.8 Å². The van der Waals surface area contributed by atoms with E-state index in [0.717, 1.165) is 13.1 Å². The van der Waals surface area contributed by atoms with E-state index in [1.807, 2.05) is 24.3 Å². The van der Waals surface area contributed by atoms with Crippen LogP contribution in [0.5, 0.6) is 11.5 Å². The summed E-state index contributed by atoms with van der Waals surface area (Å²) in [5.41, 5.74) is 0. The van der Waals surface area contributed by atoms with Gasteiger partial charge in [0.05, 0.1) is 19.8 Å². The van der Waals surface area contributed by atoms with Gasteiger partial charge in [-0.3, -0.25) is 14.5 Å². The van der Waals surface area contributed by atoms with Crippen LogP contribution < -0.4 is 20.1 Å². The van der Waals surface area contributed by atoms with E-state index in [-0.39, 0.29) is 12.6 Å². The number of carbonyl (C=O) groups is 2. The molecule has 1 saturated heterocycles. The fraction of sp³-hybridized carbons (Fsp3) is 0.529. The van der Waals surface area contributed by atoms with Crippen molar-refractivity contribution in [2.45, 2.75) is 6.10 Å². The molecule has 1 aromatic carbocycles. The minimum atomic E-state index is -0.663. The number of hydrogen-bond acceptors (Lipinski definition) is 6. The van der Waals surface area contributed by atoms with Gasteiger partial charge >= 0.3 is 11.8 Å². The Balaban J connectivity index is 1.34. The molecule has 8 nitrogen and oxygen atoms in total. The molecule has 2 aliphatic heterocycles. The van der Waals surface area contributed by atoms with Gasteiger partial charge in [-0.05, 0) is 12.1 Å². The second-order valence-electron chi connectivity index (χ2n) is 5.92. The highest BCUT2D eigenvalue weighted by Gasteiger charge is 2.22. The molecule has 0 bridgehead atoms. The minimum absolute atomic E-state index is 0.212. The standard InChI is InChI=1S/C17H23N3O5/c21-16(18-5-6-20-7-9-23-10-8-20)17(22)19-11-13-12-24-14-3-1-2-4-15(14)25-13/h1-4,13H,5-12H2,(H,18,21)(H,19,22). The van der Waals surface area contributed by atoms with Gasteiger partial charge in [-0.1, -0.05) is 12.1 Å². The summed E-state index contributed by atoms with van der Waals surface area (Å²) in [5, 5.41) is 5.21. The Hall–Kier alpha value is -2.32. The Kier molecular flexibility index (Phi) is 6.08. The van der Waals surface area contributed by atoms with Crippen molar-refractivity contribution in [2.75, 3.05) is 52.5 Å². The van der Waals surface area contributed by atoms with E-state index < -0.39 is 11.8 Å². The second kappa shape index (κ2) is 8.68. The van der Waals surface area contributed by atoms with Gasteiger partial charge in [0.15, 0.2) is 11.5 Å². The molecule has 0 radical (unpaired) electrons. The molecule has 1 unspecified atom stereocenters. The van der Waals surface area contributed by atoms with Crippen molar-refractivity contribution in [1.82, 2.24) is 15.5 Å². The first kappa shape index (κ1) is 17.5. The molecule has 0 aliphatic carbocycles. The summed E-state index contributed by atoms with van der Waals surface area (Å²) in [6.07, 6.45) is -0.319. The third-order valence-corrected chi connectivity index (χ3v) is 4.08. The normalized spacial score (nSPS) is 19.9. The van der Waals surface area contributed by atoms with Crippen molar-refractivity contribution in [3.05, 3.63) is 24.3 Å². The molecule has 2 heterocycles. The van der Waals surface area contributed by atoms with Crippen molar-refractivity contribution < 1.29 is 23.8 Å². The van der Waals surface area contributed by atoms with Crippen LogP contribution in [0.2, 0.25) is 0 Å². The van der Waals surface area contributed by atoms with Crippen molar-refractivity contribution in [1.29, 1.82) is 0 Å². The fourth-order valence-electron chi connectivity index (χ4n) is 2.68. The fourth-order valence-corrected chi connectivity index (χ4v) is 2.68. The number of nitrogens with one attached hydrogen (secondary N) is 2. The predicted molar refractivity (Wildman–Crippen MR) is 89.6 cm³/mol. The molecular weight excluding hydrogens is 326 g/mol. The molecule has 8 heteroatoms. The van der Waals surface area contributed by atoms with Gasteiger partial charge in [0.1, 0.15) is 12.7 Å².